The third kappa shape index (κ3) is 4.59. The number of rotatable bonds is 5. The van der Waals surface area contributed by atoms with E-state index in [1.54, 1.807) is 0 Å². The van der Waals surface area contributed by atoms with E-state index in [0.29, 0.717) is 24.7 Å². The number of halogens is 1. The molecule has 1 amide bonds. The van der Waals surface area contributed by atoms with Gasteiger partial charge in [0.05, 0.1) is 13.2 Å². The monoisotopic (exact) mass is 312 g/mol. The van der Waals surface area contributed by atoms with E-state index in [2.05, 4.69) is 5.32 Å². The number of likely N-dealkylation sites (N-methyl/N-ethyl adjacent to an activating group) is 1. The summed E-state index contributed by atoms with van der Waals surface area (Å²) in [6.45, 7) is 5.56. The van der Waals surface area contributed by atoms with Crippen molar-refractivity contribution in [2.75, 3.05) is 20.4 Å². The lowest BCUT2D eigenvalue weighted by Crippen LogP contribution is -2.38. The fraction of sp³-hybridized carbons (Fsp3) is 0.533. The number of carbonyl (C=O) groups is 1. The van der Waals surface area contributed by atoms with E-state index in [4.69, 9.17) is 21.1 Å². The molecule has 6 heteroatoms. The van der Waals surface area contributed by atoms with Gasteiger partial charge in [-0.05, 0) is 33.0 Å². The molecule has 0 spiro atoms. The van der Waals surface area contributed by atoms with Crippen LogP contribution in [0, 0.1) is 0 Å². The van der Waals surface area contributed by atoms with Crippen LogP contribution < -0.4 is 10.1 Å². The van der Waals surface area contributed by atoms with Crippen LogP contribution in [0.5, 0.6) is 5.75 Å². The molecule has 0 fully saturated rings. The van der Waals surface area contributed by atoms with Crippen molar-refractivity contribution in [2.45, 2.75) is 33.0 Å². The van der Waals surface area contributed by atoms with Crippen molar-refractivity contribution in [3.63, 3.8) is 0 Å². The number of fused-ring (bicyclic) bond motifs is 1. The Balaban J connectivity index is 2.05. The van der Waals surface area contributed by atoms with Gasteiger partial charge in [-0.15, -0.1) is 0 Å². The van der Waals surface area contributed by atoms with Crippen LogP contribution >= 0.6 is 11.6 Å². The molecule has 1 N–H and O–H groups in total. The van der Waals surface area contributed by atoms with Gasteiger partial charge >= 0.3 is 0 Å². The third-order valence-corrected chi connectivity index (χ3v) is 3.27. The van der Waals surface area contributed by atoms with Gasteiger partial charge in [-0.3, -0.25) is 9.69 Å². The Morgan fingerprint density at radius 2 is 2.24 bits per heavy atom. The van der Waals surface area contributed by atoms with Crippen LogP contribution in [-0.2, 0) is 22.7 Å². The molecule has 1 aliphatic rings. The fourth-order valence-corrected chi connectivity index (χ4v) is 2.60. The second kappa shape index (κ2) is 7.11. The van der Waals surface area contributed by atoms with Gasteiger partial charge in [0.2, 0.25) is 5.91 Å². The molecule has 0 atom stereocenters. The normalized spacial score (nSPS) is 14.0. The van der Waals surface area contributed by atoms with Gasteiger partial charge in [0.25, 0.3) is 0 Å². The Labute approximate surface area is 130 Å². The van der Waals surface area contributed by atoms with Gasteiger partial charge in [0.1, 0.15) is 5.75 Å². The zero-order valence-electron chi connectivity index (χ0n) is 12.6. The predicted octanol–water partition coefficient (Wildman–Crippen LogP) is 2.16. The molecule has 116 valence electrons. The van der Waals surface area contributed by atoms with Crippen molar-refractivity contribution in [1.82, 2.24) is 10.2 Å². The molecule has 0 saturated carbocycles. The summed E-state index contributed by atoms with van der Waals surface area (Å²) in [5, 5.41) is 3.53. The van der Waals surface area contributed by atoms with Gasteiger partial charge in [0, 0.05) is 28.7 Å². The molecule has 21 heavy (non-hydrogen) atoms. The highest BCUT2D eigenvalue weighted by Crippen LogP contribution is 2.32. The Kier molecular flexibility index (Phi) is 5.45. The molecule has 0 saturated heterocycles. The summed E-state index contributed by atoms with van der Waals surface area (Å²) >= 11 is 6.13. The van der Waals surface area contributed by atoms with Crippen molar-refractivity contribution in [3.05, 3.63) is 28.3 Å². The Hall–Kier alpha value is -1.30. The second-order valence-electron chi connectivity index (χ2n) is 5.56. The Morgan fingerprint density at radius 1 is 1.48 bits per heavy atom. The lowest BCUT2D eigenvalue weighted by atomic mass is 10.1. The van der Waals surface area contributed by atoms with Crippen molar-refractivity contribution in [1.29, 1.82) is 0 Å². The number of carbonyl (C=O) groups excluding carboxylic acids is 1. The van der Waals surface area contributed by atoms with Gasteiger partial charge in [0.15, 0.2) is 6.79 Å². The molecule has 0 radical (unpaired) electrons. The number of ether oxygens (including phenoxy) is 2. The highest BCUT2D eigenvalue weighted by Gasteiger charge is 2.18. The molecule has 1 aromatic carbocycles. The van der Waals surface area contributed by atoms with E-state index in [1.165, 1.54) is 0 Å². The van der Waals surface area contributed by atoms with Crippen molar-refractivity contribution in [3.8, 4) is 5.75 Å². The first-order chi connectivity index (χ1) is 9.95. The lowest BCUT2D eigenvalue weighted by Gasteiger charge is -2.24. The number of nitrogens with zero attached hydrogens (tertiary/aromatic N) is 1. The zero-order valence-corrected chi connectivity index (χ0v) is 13.4. The van der Waals surface area contributed by atoms with E-state index in [1.807, 2.05) is 37.9 Å². The van der Waals surface area contributed by atoms with Crippen LogP contribution in [0.1, 0.15) is 25.0 Å². The highest BCUT2D eigenvalue weighted by molar-refractivity contribution is 6.30. The number of benzene rings is 1. The summed E-state index contributed by atoms with van der Waals surface area (Å²) in [4.78, 5) is 13.7. The van der Waals surface area contributed by atoms with Crippen LogP contribution in [-0.4, -0.2) is 37.2 Å². The maximum atomic E-state index is 11.8. The average Bonchev–Trinajstić information content (AvgIpc) is 2.37. The summed E-state index contributed by atoms with van der Waals surface area (Å²) in [7, 11) is 1.90. The topological polar surface area (TPSA) is 50.8 Å². The zero-order chi connectivity index (χ0) is 15.4. The molecule has 0 bridgehead atoms. The quantitative estimate of drug-likeness (QED) is 0.905. The van der Waals surface area contributed by atoms with Gasteiger partial charge in [-0.1, -0.05) is 11.6 Å². The number of hydrogen-bond acceptors (Lipinski definition) is 4. The fourth-order valence-electron chi connectivity index (χ4n) is 2.33. The molecule has 1 heterocycles. The van der Waals surface area contributed by atoms with Crippen LogP contribution in [0.15, 0.2) is 12.1 Å². The van der Waals surface area contributed by atoms with Crippen LogP contribution in [0.3, 0.4) is 0 Å². The summed E-state index contributed by atoms with van der Waals surface area (Å²) in [6, 6.07) is 3.87. The second-order valence-corrected chi connectivity index (χ2v) is 5.99. The molecule has 0 unspecified atom stereocenters. The van der Waals surface area contributed by atoms with E-state index >= 15 is 0 Å². The van der Waals surface area contributed by atoms with E-state index < -0.39 is 0 Å². The molecule has 0 aliphatic carbocycles. The van der Waals surface area contributed by atoms with Gasteiger partial charge < -0.3 is 14.8 Å². The van der Waals surface area contributed by atoms with E-state index in [0.717, 1.165) is 16.9 Å². The number of nitrogens with one attached hydrogen (secondary N) is 1. The minimum Gasteiger partial charge on any atom is -0.467 e. The van der Waals surface area contributed by atoms with Gasteiger partial charge in [-0.2, -0.15) is 0 Å². The smallest absolute Gasteiger partial charge is 0.234 e. The first kappa shape index (κ1) is 16.1. The maximum Gasteiger partial charge on any atom is 0.234 e. The molecule has 2 rings (SSSR count). The van der Waals surface area contributed by atoms with Crippen molar-refractivity contribution < 1.29 is 14.3 Å². The highest BCUT2D eigenvalue weighted by atomic mass is 35.5. The summed E-state index contributed by atoms with van der Waals surface area (Å²) in [6.07, 6.45) is 0. The Morgan fingerprint density at radius 3 is 2.95 bits per heavy atom. The van der Waals surface area contributed by atoms with Crippen molar-refractivity contribution in [2.24, 2.45) is 0 Å². The first-order valence-corrected chi connectivity index (χ1v) is 7.33. The SMILES string of the molecule is CC(C)NC(=O)CN(C)Cc1cc(Cl)cc2c1OCOC2. The third-order valence-electron chi connectivity index (χ3n) is 3.06. The van der Waals surface area contributed by atoms with Crippen LogP contribution in [0.4, 0.5) is 0 Å². The molecule has 5 nitrogen and oxygen atoms in total. The van der Waals surface area contributed by atoms with Crippen LogP contribution in [0.25, 0.3) is 0 Å². The average molecular weight is 313 g/mol. The minimum atomic E-state index is 0.00708. The molecule has 1 aromatic rings. The largest absolute Gasteiger partial charge is 0.467 e. The molecular formula is C15H21ClN2O3. The Bertz CT molecular complexity index is 520. The predicted molar refractivity (Wildman–Crippen MR) is 81.3 cm³/mol. The maximum absolute atomic E-state index is 11.8. The number of amides is 1. The summed E-state index contributed by atoms with van der Waals surface area (Å²) in [5.74, 6) is 0.828. The van der Waals surface area contributed by atoms with Gasteiger partial charge in [-0.25, -0.2) is 0 Å². The van der Waals surface area contributed by atoms with E-state index in [-0.39, 0.29) is 18.7 Å². The minimum absolute atomic E-state index is 0.00708. The summed E-state index contributed by atoms with van der Waals surface area (Å²) < 4.78 is 10.8. The lowest BCUT2D eigenvalue weighted by molar-refractivity contribution is -0.122. The summed E-state index contributed by atoms with van der Waals surface area (Å²) in [5.41, 5.74) is 1.92. The molecule has 1 aliphatic heterocycles. The van der Waals surface area contributed by atoms with Crippen LogP contribution in [0.2, 0.25) is 5.02 Å². The first-order valence-electron chi connectivity index (χ1n) is 6.95. The van der Waals surface area contributed by atoms with Crippen molar-refractivity contribution >= 4 is 17.5 Å². The standard InChI is InChI=1S/C15H21ClN2O3/c1-10(2)17-14(19)7-18(3)6-11-4-13(16)5-12-8-20-9-21-15(11)12/h4-5,10H,6-9H2,1-3H3,(H,17,19). The van der Waals surface area contributed by atoms with E-state index in [9.17, 15) is 4.79 Å². The molecular weight excluding hydrogens is 292 g/mol. The molecule has 0 aromatic heterocycles. The number of hydrogen-bond donors (Lipinski definition) is 1.